The van der Waals surface area contributed by atoms with Crippen LogP contribution < -0.4 is 5.32 Å². The molecule has 132 valence electrons. The molecule has 0 bridgehead atoms. The highest BCUT2D eigenvalue weighted by molar-refractivity contribution is 6.03. The van der Waals surface area contributed by atoms with E-state index in [0.29, 0.717) is 29.3 Å². The predicted octanol–water partition coefficient (Wildman–Crippen LogP) is 4.42. The van der Waals surface area contributed by atoms with E-state index >= 15 is 0 Å². The molecule has 0 aliphatic heterocycles. The molecule has 0 aliphatic rings. The monoisotopic (exact) mass is 348 g/mol. The third-order valence-corrected chi connectivity index (χ3v) is 4.04. The van der Waals surface area contributed by atoms with Gasteiger partial charge in [0.05, 0.1) is 11.9 Å². The Morgan fingerprint density at radius 3 is 2.54 bits per heavy atom. The number of carbonyl (C=O) groups excluding carboxylic acids is 2. The van der Waals surface area contributed by atoms with Crippen LogP contribution in [0.2, 0.25) is 0 Å². The van der Waals surface area contributed by atoms with E-state index in [-0.39, 0.29) is 18.1 Å². The molecule has 0 spiro atoms. The number of para-hydroxylation sites is 1. The number of ketones is 1. The lowest BCUT2D eigenvalue weighted by Gasteiger charge is -2.08. The second kappa shape index (κ2) is 7.78. The Bertz CT molecular complexity index is 926. The molecule has 5 nitrogen and oxygen atoms in total. The van der Waals surface area contributed by atoms with Gasteiger partial charge < -0.3 is 9.73 Å². The first kappa shape index (κ1) is 17.6. The van der Waals surface area contributed by atoms with Crippen molar-refractivity contribution in [3.8, 4) is 11.3 Å². The van der Waals surface area contributed by atoms with Gasteiger partial charge in [-0.2, -0.15) is 0 Å². The van der Waals surface area contributed by atoms with Crippen molar-refractivity contribution in [3.63, 3.8) is 0 Å². The summed E-state index contributed by atoms with van der Waals surface area (Å²) in [5.74, 6) is 0.919. The highest BCUT2D eigenvalue weighted by atomic mass is 16.4. The molecule has 0 fully saturated rings. The average Bonchev–Trinajstić information content (AvgIpc) is 3.10. The molecule has 3 rings (SSSR count). The van der Waals surface area contributed by atoms with E-state index in [1.165, 1.54) is 12.5 Å². The van der Waals surface area contributed by atoms with Crippen LogP contribution in [-0.2, 0) is 11.2 Å². The maximum Gasteiger partial charge on any atom is 0.224 e. The SMILES string of the molecule is CC(=O)c1ccccc1NC(=O)CCc1ncc(-c2ccc(C)cc2)o1. The van der Waals surface area contributed by atoms with E-state index in [1.54, 1.807) is 30.5 Å². The van der Waals surface area contributed by atoms with Gasteiger partial charge in [0.2, 0.25) is 5.91 Å². The summed E-state index contributed by atoms with van der Waals surface area (Å²) in [6.07, 6.45) is 2.28. The summed E-state index contributed by atoms with van der Waals surface area (Å²) in [4.78, 5) is 28.0. The van der Waals surface area contributed by atoms with Gasteiger partial charge >= 0.3 is 0 Å². The highest BCUT2D eigenvalue weighted by Crippen LogP contribution is 2.21. The van der Waals surface area contributed by atoms with Crippen molar-refractivity contribution in [2.75, 3.05) is 5.32 Å². The molecule has 0 saturated carbocycles. The molecule has 0 atom stereocenters. The highest BCUT2D eigenvalue weighted by Gasteiger charge is 2.12. The third-order valence-electron chi connectivity index (χ3n) is 4.04. The summed E-state index contributed by atoms with van der Waals surface area (Å²) in [6, 6.07) is 14.9. The average molecular weight is 348 g/mol. The number of anilines is 1. The number of amides is 1. The minimum absolute atomic E-state index is 0.0867. The summed E-state index contributed by atoms with van der Waals surface area (Å²) in [5.41, 5.74) is 3.15. The molecule has 1 heterocycles. The van der Waals surface area contributed by atoms with Gasteiger partial charge in [-0.15, -0.1) is 0 Å². The quantitative estimate of drug-likeness (QED) is 0.669. The zero-order valence-corrected chi connectivity index (χ0v) is 14.8. The molecule has 1 amide bonds. The Morgan fingerprint density at radius 1 is 1.08 bits per heavy atom. The fourth-order valence-corrected chi connectivity index (χ4v) is 2.61. The lowest BCUT2D eigenvalue weighted by molar-refractivity contribution is -0.116. The van der Waals surface area contributed by atoms with Gasteiger partial charge in [0, 0.05) is 24.0 Å². The standard InChI is InChI=1S/C21H20N2O3/c1-14-7-9-16(10-8-14)19-13-22-21(26-19)12-11-20(25)23-18-6-4-3-5-17(18)15(2)24/h3-10,13H,11-12H2,1-2H3,(H,23,25). The van der Waals surface area contributed by atoms with Crippen LogP contribution in [0.25, 0.3) is 11.3 Å². The molecule has 2 aromatic carbocycles. The summed E-state index contributed by atoms with van der Waals surface area (Å²) >= 11 is 0. The summed E-state index contributed by atoms with van der Waals surface area (Å²) in [7, 11) is 0. The van der Waals surface area contributed by atoms with Crippen LogP contribution >= 0.6 is 0 Å². The van der Waals surface area contributed by atoms with E-state index in [4.69, 9.17) is 4.42 Å². The molecular formula is C21H20N2O3. The van der Waals surface area contributed by atoms with Gasteiger partial charge in [-0.05, 0) is 26.0 Å². The predicted molar refractivity (Wildman–Crippen MR) is 100 cm³/mol. The minimum atomic E-state index is -0.186. The van der Waals surface area contributed by atoms with Gasteiger partial charge in [0.1, 0.15) is 0 Å². The number of oxazole rings is 1. The molecule has 26 heavy (non-hydrogen) atoms. The Morgan fingerprint density at radius 2 is 1.81 bits per heavy atom. The van der Waals surface area contributed by atoms with E-state index in [9.17, 15) is 9.59 Å². The zero-order valence-electron chi connectivity index (χ0n) is 14.8. The molecule has 3 aromatic rings. The fraction of sp³-hybridized carbons (Fsp3) is 0.190. The summed E-state index contributed by atoms with van der Waals surface area (Å²) in [5, 5.41) is 2.78. The number of rotatable bonds is 6. The summed E-state index contributed by atoms with van der Waals surface area (Å²) < 4.78 is 5.73. The van der Waals surface area contributed by atoms with Gasteiger partial charge in [0.25, 0.3) is 0 Å². The van der Waals surface area contributed by atoms with Crippen molar-refractivity contribution in [2.45, 2.75) is 26.7 Å². The van der Waals surface area contributed by atoms with E-state index in [0.717, 1.165) is 5.56 Å². The first-order chi connectivity index (χ1) is 12.5. The topological polar surface area (TPSA) is 72.2 Å². The van der Waals surface area contributed by atoms with Crippen molar-refractivity contribution in [2.24, 2.45) is 0 Å². The van der Waals surface area contributed by atoms with Crippen LogP contribution in [-0.4, -0.2) is 16.7 Å². The molecular weight excluding hydrogens is 328 g/mol. The van der Waals surface area contributed by atoms with Crippen molar-refractivity contribution in [1.82, 2.24) is 4.98 Å². The van der Waals surface area contributed by atoms with Crippen LogP contribution in [0.5, 0.6) is 0 Å². The normalized spacial score (nSPS) is 10.5. The van der Waals surface area contributed by atoms with Crippen LogP contribution in [0.15, 0.2) is 59.1 Å². The number of nitrogens with zero attached hydrogens (tertiary/aromatic N) is 1. The number of aryl methyl sites for hydroxylation is 2. The first-order valence-electron chi connectivity index (χ1n) is 8.44. The van der Waals surface area contributed by atoms with Gasteiger partial charge in [-0.1, -0.05) is 42.0 Å². The number of carbonyl (C=O) groups is 2. The maximum absolute atomic E-state index is 12.2. The van der Waals surface area contributed by atoms with Crippen molar-refractivity contribution in [1.29, 1.82) is 0 Å². The number of hydrogen-bond donors (Lipinski definition) is 1. The molecule has 0 saturated heterocycles. The third kappa shape index (κ3) is 4.25. The molecule has 0 aliphatic carbocycles. The largest absolute Gasteiger partial charge is 0.441 e. The van der Waals surface area contributed by atoms with Crippen LogP contribution in [0.1, 0.15) is 35.2 Å². The Balaban J connectivity index is 1.60. The lowest BCUT2D eigenvalue weighted by atomic mass is 10.1. The zero-order chi connectivity index (χ0) is 18.5. The Hall–Kier alpha value is -3.21. The second-order valence-electron chi connectivity index (χ2n) is 6.13. The molecule has 0 radical (unpaired) electrons. The Kier molecular flexibility index (Phi) is 5.27. The Labute approximate surface area is 152 Å². The molecule has 1 aromatic heterocycles. The van der Waals surface area contributed by atoms with E-state index in [2.05, 4.69) is 10.3 Å². The van der Waals surface area contributed by atoms with Gasteiger partial charge in [-0.25, -0.2) is 4.98 Å². The van der Waals surface area contributed by atoms with Crippen LogP contribution in [0, 0.1) is 6.92 Å². The molecule has 1 N–H and O–H groups in total. The van der Waals surface area contributed by atoms with Crippen molar-refractivity contribution in [3.05, 3.63) is 71.7 Å². The van der Waals surface area contributed by atoms with E-state index in [1.807, 2.05) is 31.2 Å². The fourth-order valence-electron chi connectivity index (χ4n) is 2.61. The van der Waals surface area contributed by atoms with Gasteiger partial charge in [0.15, 0.2) is 17.4 Å². The maximum atomic E-state index is 12.2. The smallest absolute Gasteiger partial charge is 0.224 e. The number of Topliss-reactive ketones (excluding diaryl/α,β-unsaturated/α-hetero) is 1. The molecule has 5 heteroatoms. The number of benzene rings is 2. The second-order valence-corrected chi connectivity index (χ2v) is 6.13. The lowest BCUT2D eigenvalue weighted by Crippen LogP contribution is -2.14. The number of hydrogen-bond acceptors (Lipinski definition) is 4. The minimum Gasteiger partial charge on any atom is -0.441 e. The van der Waals surface area contributed by atoms with E-state index < -0.39 is 0 Å². The van der Waals surface area contributed by atoms with Gasteiger partial charge in [-0.3, -0.25) is 9.59 Å². The van der Waals surface area contributed by atoms with Crippen LogP contribution in [0.4, 0.5) is 5.69 Å². The van der Waals surface area contributed by atoms with Crippen molar-refractivity contribution < 1.29 is 14.0 Å². The van der Waals surface area contributed by atoms with Crippen LogP contribution in [0.3, 0.4) is 0 Å². The first-order valence-corrected chi connectivity index (χ1v) is 8.44. The molecule has 0 unspecified atom stereocenters. The number of nitrogens with one attached hydrogen (secondary N) is 1. The summed E-state index contributed by atoms with van der Waals surface area (Å²) in [6.45, 7) is 3.50. The van der Waals surface area contributed by atoms with Crippen molar-refractivity contribution >= 4 is 17.4 Å². The number of aromatic nitrogens is 1.